The fourth-order valence-corrected chi connectivity index (χ4v) is 2.99. The third-order valence-electron chi connectivity index (χ3n) is 3.81. The standard InChI is InChI=1S/C17H18N2O4S/c1-9-14(17(20)23-4)15(11(8-18)16(24)19-9)10-5-6-12(21-2)13(7-10)22-3/h5-7,15,18H,1-4H3,(H,19,24). The van der Waals surface area contributed by atoms with Crippen LogP contribution in [0.1, 0.15) is 18.4 Å². The molecule has 1 aromatic carbocycles. The highest BCUT2D eigenvalue weighted by Gasteiger charge is 2.35. The molecule has 2 rings (SSSR count). The first kappa shape index (κ1) is 17.7. The lowest BCUT2D eigenvalue weighted by Crippen LogP contribution is -2.35. The first-order chi connectivity index (χ1) is 11.5. The molecule has 1 aliphatic rings. The van der Waals surface area contributed by atoms with Gasteiger partial charge >= 0.3 is 5.97 Å². The van der Waals surface area contributed by atoms with Crippen molar-refractivity contribution in [1.29, 1.82) is 5.41 Å². The van der Waals surface area contributed by atoms with E-state index in [-0.39, 0.29) is 0 Å². The fourth-order valence-electron chi connectivity index (χ4n) is 2.67. The second-order valence-corrected chi connectivity index (χ2v) is 5.48. The first-order valence-electron chi connectivity index (χ1n) is 7.10. The predicted octanol–water partition coefficient (Wildman–Crippen LogP) is 2.34. The van der Waals surface area contributed by atoms with E-state index in [1.807, 2.05) is 0 Å². The van der Waals surface area contributed by atoms with Crippen LogP contribution in [-0.4, -0.2) is 38.2 Å². The average molecular weight is 346 g/mol. The molecule has 1 aliphatic heterocycles. The molecular weight excluding hydrogens is 328 g/mol. The van der Waals surface area contributed by atoms with E-state index in [2.05, 4.69) is 11.2 Å². The number of nitrogens with one attached hydrogen (secondary N) is 2. The van der Waals surface area contributed by atoms with Crippen LogP contribution >= 0.6 is 12.2 Å². The van der Waals surface area contributed by atoms with Crippen LogP contribution < -0.4 is 14.8 Å². The Kier molecular flexibility index (Phi) is 5.39. The average Bonchev–Trinajstić information content (AvgIpc) is 2.59. The molecule has 0 fully saturated rings. The summed E-state index contributed by atoms with van der Waals surface area (Å²) in [5.74, 6) is 2.38. The molecule has 24 heavy (non-hydrogen) atoms. The topological polar surface area (TPSA) is 80.6 Å². The Balaban J connectivity index is 2.70. The minimum absolute atomic E-state index is 0.356. The normalized spacial score (nSPS) is 17.1. The van der Waals surface area contributed by atoms with Gasteiger partial charge in [0.1, 0.15) is 4.99 Å². The molecule has 1 heterocycles. The van der Waals surface area contributed by atoms with Crippen LogP contribution in [0.2, 0.25) is 0 Å². The second-order valence-electron chi connectivity index (χ2n) is 5.07. The van der Waals surface area contributed by atoms with Crippen molar-refractivity contribution in [3.63, 3.8) is 0 Å². The maximum Gasteiger partial charge on any atom is 0.336 e. The Hall–Kier alpha value is -2.63. The van der Waals surface area contributed by atoms with Gasteiger partial charge in [0.15, 0.2) is 11.5 Å². The quantitative estimate of drug-likeness (QED) is 0.377. The smallest absolute Gasteiger partial charge is 0.336 e. The Morgan fingerprint density at radius 1 is 1.25 bits per heavy atom. The van der Waals surface area contributed by atoms with Crippen LogP contribution in [0.3, 0.4) is 0 Å². The van der Waals surface area contributed by atoms with E-state index in [1.54, 1.807) is 32.2 Å². The molecular formula is C17H18N2O4S. The molecule has 126 valence electrons. The van der Waals surface area contributed by atoms with Crippen molar-refractivity contribution in [2.45, 2.75) is 12.8 Å². The SMILES string of the molecule is COC(=O)C1=C(C)NC(=S)C(=C=N)C1c1ccc(OC)c(OC)c1. The molecule has 1 aromatic rings. The number of thiocarbonyl (C=S) groups is 1. The zero-order valence-electron chi connectivity index (χ0n) is 13.9. The van der Waals surface area contributed by atoms with E-state index < -0.39 is 11.9 Å². The molecule has 0 saturated carbocycles. The van der Waals surface area contributed by atoms with Gasteiger partial charge in [-0.15, -0.1) is 0 Å². The van der Waals surface area contributed by atoms with Gasteiger partial charge in [-0.25, -0.2) is 4.79 Å². The Morgan fingerprint density at radius 3 is 2.46 bits per heavy atom. The number of hydrogen-bond acceptors (Lipinski definition) is 6. The Morgan fingerprint density at radius 2 is 1.92 bits per heavy atom. The largest absolute Gasteiger partial charge is 0.493 e. The van der Waals surface area contributed by atoms with Crippen molar-refractivity contribution in [3.05, 3.63) is 40.6 Å². The van der Waals surface area contributed by atoms with Crippen molar-refractivity contribution >= 4 is 29.0 Å². The van der Waals surface area contributed by atoms with Crippen LogP contribution in [0, 0.1) is 5.41 Å². The molecule has 1 atom stereocenters. The van der Waals surface area contributed by atoms with Crippen LogP contribution in [0.15, 0.2) is 35.0 Å². The minimum atomic E-state index is -0.566. The number of allylic oxidation sites excluding steroid dienone is 1. The maximum absolute atomic E-state index is 12.3. The van der Waals surface area contributed by atoms with Gasteiger partial charge in [-0.1, -0.05) is 18.3 Å². The van der Waals surface area contributed by atoms with E-state index in [1.165, 1.54) is 14.2 Å². The third kappa shape index (κ3) is 3.04. The van der Waals surface area contributed by atoms with Gasteiger partial charge in [-0.2, -0.15) is 0 Å². The van der Waals surface area contributed by atoms with Crippen molar-refractivity contribution in [3.8, 4) is 11.5 Å². The highest BCUT2D eigenvalue weighted by molar-refractivity contribution is 7.80. The van der Waals surface area contributed by atoms with Gasteiger partial charge in [0.25, 0.3) is 0 Å². The van der Waals surface area contributed by atoms with Gasteiger partial charge in [0.2, 0.25) is 0 Å². The summed E-state index contributed by atoms with van der Waals surface area (Å²) in [6.07, 6.45) is 0. The number of hydrogen-bond donors (Lipinski definition) is 2. The Bertz CT molecular complexity index is 779. The van der Waals surface area contributed by atoms with Crippen LogP contribution in [0.25, 0.3) is 0 Å². The molecule has 0 amide bonds. The molecule has 2 N–H and O–H groups in total. The van der Waals surface area contributed by atoms with Crippen LogP contribution in [0.5, 0.6) is 11.5 Å². The lowest BCUT2D eigenvalue weighted by atomic mass is 9.81. The minimum Gasteiger partial charge on any atom is -0.493 e. The summed E-state index contributed by atoms with van der Waals surface area (Å²) in [7, 11) is 4.39. The summed E-state index contributed by atoms with van der Waals surface area (Å²) < 4.78 is 15.5. The van der Waals surface area contributed by atoms with Gasteiger partial charge in [-0.3, -0.25) is 5.41 Å². The number of esters is 1. The first-order valence-corrected chi connectivity index (χ1v) is 7.51. The summed E-state index contributed by atoms with van der Waals surface area (Å²) in [6, 6.07) is 5.30. The highest BCUT2D eigenvalue weighted by atomic mass is 32.1. The van der Waals surface area contributed by atoms with Crippen molar-refractivity contribution in [2.75, 3.05) is 21.3 Å². The molecule has 1 unspecified atom stereocenters. The van der Waals surface area contributed by atoms with Gasteiger partial charge in [0, 0.05) is 5.70 Å². The van der Waals surface area contributed by atoms with Crippen LogP contribution in [0.4, 0.5) is 0 Å². The lowest BCUT2D eigenvalue weighted by molar-refractivity contribution is -0.136. The molecule has 0 spiro atoms. The summed E-state index contributed by atoms with van der Waals surface area (Å²) in [5, 5.41) is 10.5. The molecule has 0 aromatic heterocycles. The van der Waals surface area contributed by atoms with Crippen molar-refractivity contribution in [2.24, 2.45) is 0 Å². The number of carbonyl (C=O) groups excluding carboxylic acids is 1. The van der Waals surface area contributed by atoms with Gasteiger partial charge in [-0.05, 0) is 30.5 Å². The molecule has 0 saturated heterocycles. The molecule has 0 radical (unpaired) electrons. The summed E-state index contributed by atoms with van der Waals surface area (Å²) in [4.78, 5) is 12.6. The van der Waals surface area contributed by atoms with E-state index in [0.717, 1.165) is 5.56 Å². The zero-order valence-corrected chi connectivity index (χ0v) is 14.7. The third-order valence-corrected chi connectivity index (χ3v) is 4.13. The van der Waals surface area contributed by atoms with Crippen molar-refractivity contribution < 1.29 is 19.0 Å². The van der Waals surface area contributed by atoms with E-state index in [9.17, 15) is 4.79 Å². The van der Waals surface area contributed by atoms with E-state index >= 15 is 0 Å². The van der Waals surface area contributed by atoms with E-state index in [4.69, 9.17) is 31.8 Å². The number of ether oxygens (including phenoxy) is 3. The molecule has 7 heteroatoms. The highest BCUT2D eigenvalue weighted by Crippen LogP contribution is 2.39. The lowest BCUT2D eigenvalue weighted by Gasteiger charge is -2.29. The maximum atomic E-state index is 12.3. The summed E-state index contributed by atoms with van der Waals surface area (Å²) >= 11 is 5.29. The van der Waals surface area contributed by atoms with Crippen molar-refractivity contribution in [1.82, 2.24) is 5.32 Å². The summed E-state index contributed by atoms with van der Waals surface area (Å²) in [6.45, 7) is 1.74. The van der Waals surface area contributed by atoms with E-state index in [0.29, 0.717) is 33.3 Å². The predicted molar refractivity (Wildman–Crippen MR) is 94.0 cm³/mol. The molecule has 0 bridgehead atoms. The number of rotatable bonds is 4. The van der Waals surface area contributed by atoms with Gasteiger partial charge < -0.3 is 19.5 Å². The Labute approximate surface area is 145 Å². The number of benzene rings is 1. The monoisotopic (exact) mass is 346 g/mol. The molecule has 6 nitrogen and oxygen atoms in total. The second kappa shape index (κ2) is 7.29. The van der Waals surface area contributed by atoms with Gasteiger partial charge in [0.05, 0.1) is 38.4 Å². The number of methoxy groups -OCH3 is 3. The number of carbonyl (C=O) groups is 1. The molecule has 0 aliphatic carbocycles. The van der Waals surface area contributed by atoms with Crippen LogP contribution in [-0.2, 0) is 9.53 Å². The summed E-state index contributed by atoms with van der Waals surface area (Å²) in [5.41, 5.74) is 2.09. The fraction of sp³-hybridized carbons (Fsp3) is 0.294. The zero-order chi connectivity index (χ0) is 17.9.